The van der Waals surface area contributed by atoms with Crippen LogP contribution in [0.4, 0.5) is 4.39 Å². The summed E-state index contributed by atoms with van der Waals surface area (Å²) in [7, 11) is 0. The van der Waals surface area contributed by atoms with Gasteiger partial charge in [0.05, 0.1) is 0 Å². The van der Waals surface area contributed by atoms with E-state index in [9.17, 15) is 9.18 Å². The third kappa shape index (κ3) is 7.50. The molecule has 76 valence electrons. The fourth-order valence-corrected chi connectivity index (χ4v) is 1.06. The maximum atomic E-state index is 12.4. The van der Waals surface area contributed by atoms with Crippen molar-refractivity contribution in [2.75, 3.05) is 0 Å². The predicted molar refractivity (Wildman–Crippen MR) is 50.2 cm³/mol. The minimum atomic E-state index is -1.46. The summed E-state index contributed by atoms with van der Waals surface area (Å²) < 4.78 is 12.4. The Hall–Kier alpha value is -0.860. The van der Waals surface area contributed by atoms with Crippen molar-refractivity contribution in [3.8, 4) is 0 Å². The van der Waals surface area contributed by atoms with Crippen LogP contribution in [-0.2, 0) is 4.79 Å². The highest BCUT2D eigenvalue weighted by Gasteiger charge is 2.02. The van der Waals surface area contributed by atoms with Crippen LogP contribution in [0.2, 0.25) is 0 Å². The molecular weight excluding hydrogens is 171 g/mol. The van der Waals surface area contributed by atoms with Crippen LogP contribution in [0.3, 0.4) is 0 Å². The van der Waals surface area contributed by atoms with Gasteiger partial charge in [-0.2, -0.15) is 4.39 Å². The largest absolute Gasteiger partial charge is 0.476 e. The fourth-order valence-electron chi connectivity index (χ4n) is 1.06. The molecule has 13 heavy (non-hydrogen) atoms. The third-order valence-electron chi connectivity index (χ3n) is 1.84. The van der Waals surface area contributed by atoms with Crippen molar-refractivity contribution < 1.29 is 14.3 Å². The molecule has 0 saturated heterocycles. The molecule has 0 amide bonds. The summed E-state index contributed by atoms with van der Waals surface area (Å²) in [5, 5.41) is 8.18. The molecule has 0 bridgehead atoms. The Morgan fingerprint density at radius 1 is 1.31 bits per heavy atom. The molecule has 0 aliphatic carbocycles. The van der Waals surface area contributed by atoms with E-state index >= 15 is 0 Å². The summed E-state index contributed by atoms with van der Waals surface area (Å²) >= 11 is 0. The molecule has 0 aliphatic heterocycles. The van der Waals surface area contributed by atoms with Crippen LogP contribution in [-0.4, -0.2) is 11.1 Å². The summed E-state index contributed by atoms with van der Waals surface area (Å²) in [5.74, 6) is -2.50. The topological polar surface area (TPSA) is 37.3 Å². The number of carboxylic acids is 1. The SMILES string of the molecule is CCCCCCC/C=C(\F)C(=O)O. The van der Waals surface area contributed by atoms with Crippen LogP contribution in [0.1, 0.15) is 45.4 Å². The molecule has 0 unspecified atom stereocenters. The van der Waals surface area contributed by atoms with Crippen LogP contribution in [0, 0.1) is 0 Å². The van der Waals surface area contributed by atoms with E-state index < -0.39 is 11.8 Å². The summed E-state index contributed by atoms with van der Waals surface area (Å²) in [4.78, 5) is 10.0. The summed E-state index contributed by atoms with van der Waals surface area (Å²) in [6, 6.07) is 0. The minimum absolute atomic E-state index is 0.530. The average molecular weight is 188 g/mol. The molecule has 1 N–H and O–H groups in total. The van der Waals surface area contributed by atoms with E-state index in [4.69, 9.17) is 5.11 Å². The van der Waals surface area contributed by atoms with E-state index in [0.29, 0.717) is 6.42 Å². The van der Waals surface area contributed by atoms with Crippen molar-refractivity contribution in [3.05, 3.63) is 11.9 Å². The Labute approximate surface area is 78.5 Å². The maximum Gasteiger partial charge on any atom is 0.364 e. The van der Waals surface area contributed by atoms with Crippen LogP contribution in [0.15, 0.2) is 11.9 Å². The highest BCUT2D eigenvalue weighted by atomic mass is 19.1. The lowest BCUT2D eigenvalue weighted by atomic mass is 10.1. The first-order chi connectivity index (χ1) is 6.18. The smallest absolute Gasteiger partial charge is 0.364 e. The number of hydrogen-bond donors (Lipinski definition) is 1. The number of allylic oxidation sites excluding steroid dienone is 1. The highest BCUT2D eigenvalue weighted by molar-refractivity contribution is 5.83. The molecule has 0 spiro atoms. The van der Waals surface area contributed by atoms with Gasteiger partial charge >= 0.3 is 5.97 Å². The fraction of sp³-hybridized carbons (Fsp3) is 0.700. The van der Waals surface area contributed by atoms with Gasteiger partial charge in [-0.15, -0.1) is 0 Å². The number of unbranched alkanes of at least 4 members (excludes halogenated alkanes) is 5. The van der Waals surface area contributed by atoms with Crippen LogP contribution >= 0.6 is 0 Å². The Bertz CT molecular complexity index is 176. The van der Waals surface area contributed by atoms with E-state index in [1.54, 1.807) is 0 Å². The first-order valence-corrected chi connectivity index (χ1v) is 4.77. The zero-order valence-corrected chi connectivity index (χ0v) is 8.05. The quantitative estimate of drug-likeness (QED) is 0.491. The molecule has 0 saturated carbocycles. The van der Waals surface area contributed by atoms with Crippen molar-refractivity contribution in [1.29, 1.82) is 0 Å². The Morgan fingerprint density at radius 2 is 1.92 bits per heavy atom. The maximum absolute atomic E-state index is 12.4. The second-order valence-electron chi connectivity index (χ2n) is 3.06. The number of hydrogen-bond acceptors (Lipinski definition) is 1. The highest BCUT2D eigenvalue weighted by Crippen LogP contribution is 2.07. The van der Waals surface area contributed by atoms with Gasteiger partial charge in [-0.3, -0.25) is 0 Å². The molecule has 0 radical (unpaired) electrons. The van der Waals surface area contributed by atoms with E-state index in [1.165, 1.54) is 12.8 Å². The van der Waals surface area contributed by atoms with Crippen molar-refractivity contribution in [3.63, 3.8) is 0 Å². The van der Waals surface area contributed by atoms with Gasteiger partial charge in [0.15, 0.2) is 0 Å². The molecular formula is C10H17FO2. The van der Waals surface area contributed by atoms with E-state index in [1.807, 2.05) is 0 Å². The number of halogens is 1. The Morgan fingerprint density at radius 3 is 2.46 bits per heavy atom. The Kier molecular flexibility index (Phi) is 7.26. The molecule has 0 atom stereocenters. The predicted octanol–water partition coefficient (Wildman–Crippen LogP) is 3.28. The second-order valence-corrected chi connectivity index (χ2v) is 3.06. The van der Waals surface area contributed by atoms with Gasteiger partial charge in [0.25, 0.3) is 0 Å². The lowest BCUT2D eigenvalue weighted by molar-refractivity contribution is -0.134. The summed E-state index contributed by atoms with van der Waals surface area (Å²) in [6.07, 6.45) is 7.14. The van der Waals surface area contributed by atoms with E-state index in [2.05, 4.69) is 6.92 Å². The molecule has 2 nitrogen and oxygen atoms in total. The number of rotatable bonds is 7. The van der Waals surface area contributed by atoms with Gasteiger partial charge in [-0.05, 0) is 18.9 Å². The van der Waals surface area contributed by atoms with Crippen molar-refractivity contribution in [1.82, 2.24) is 0 Å². The van der Waals surface area contributed by atoms with Gasteiger partial charge in [-0.25, -0.2) is 4.79 Å². The van der Waals surface area contributed by atoms with Crippen molar-refractivity contribution in [2.45, 2.75) is 45.4 Å². The Balaban J connectivity index is 3.34. The van der Waals surface area contributed by atoms with Gasteiger partial charge in [0, 0.05) is 0 Å². The molecule has 0 aromatic heterocycles. The number of carbonyl (C=O) groups is 1. The molecule has 3 heteroatoms. The number of aliphatic carboxylic acids is 1. The monoisotopic (exact) mass is 188 g/mol. The van der Waals surface area contributed by atoms with Crippen LogP contribution in [0.5, 0.6) is 0 Å². The van der Waals surface area contributed by atoms with Gasteiger partial charge in [-0.1, -0.05) is 32.6 Å². The molecule has 0 aliphatic rings. The van der Waals surface area contributed by atoms with E-state index in [0.717, 1.165) is 25.3 Å². The van der Waals surface area contributed by atoms with Crippen molar-refractivity contribution in [2.24, 2.45) is 0 Å². The summed E-state index contributed by atoms with van der Waals surface area (Å²) in [5.41, 5.74) is 0. The standard InChI is InChI=1S/C10H17FO2/c1-2-3-4-5-6-7-8-9(11)10(12)13/h8H,2-7H2,1H3,(H,12,13)/b9-8-. The summed E-state index contributed by atoms with van der Waals surface area (Å²) in [6.45, 7) is 2.13. The third-order valence-corrected chi connectivity index (χ3v) is 1.84. The number of carboxylic acid groups (broad SMARTS) is 1. The van der Waals surface area contributed by atoms with Crippen molar-refractivity contribution >= 4 is 5.97 Å². The van der Waals surface area contributed by atoms with Crippen LogP contribution in [0.25, 0.3) is 0 Å². The lowest BCUT2D eigenvalue weighted by Gasteiger charge is -1.95. The zero-order valence-electron chi connectivity index (χ0n) is 8.05. The van der Waals surface area contributed by atoms with Gasteiger partial charge in [0.2, 0.25) is 5.83 Å². The normalized spacial score (nSPS) is 11.7. The minimum Gasteiger partial charge on any atom is -0.476 e. The average Bonchev–Trinajstić information content (AvgIpc) is 2.10. The first-order valence-electron chi connectivity index (χ1n) is 4.77. The lowest BCUT2D eigenvalue weighted by Crippen LogP contribution is -1.94. The molecule has 0 fully saturated rings. The van der Waals surface area contributed by atoms with E-state index in [-0.39, 0.29) is 0 Å². The first kappa shape index (κ1) is 12.1. The zero-order chi connectivity index (χ0) is 10.1. The van der Waals surface area contributed by atoms with Gasteiger partial charge in [0.1, 0.15) is 0 Å². The molecule has 0 aromatic rings. The molecule has 0 heterocycles. The second kappa shape index (κ2) is 7.77. The van der Waals surface area contributed by atoms with Gasteiger partial charge < -0.3 is 5.11 Å². The molecule has 0 rings (SSSR count). The molecule has 0 aromatic carbocycles. The van der Waals surface area contributed by atoms with Crippen LogP contribution < -0.4 is 0 Å².